The molecule has 250 valence electrons. The molecule has 54 heavy (non-hydrogen) atoms. The van der Waals surface area contributed by atoms with Gasteiger partial charge < -0.3 is 0 Å². The van der Waals surface area contributed by atoms with E-state index < -0.39 is 0 Å². The number of rotatable bonds is 3. The van der Waals surface area contributed by atoms with Crippen molar-refractivity contribution in [3.63, 3.8) is 0 Å². The molecule has 0 amide bonds. The van der Waals surface area contributed by atoms with Gasteiger partial charge in [0.25, 0.3) is 0 Å². The number of benzene rings is 10. The molecule has 0 atom stereocenters. The molecule has 2 aromatic heterocycles. The molecule has 0 N–H and O–H groups in total. The zero-order valence-electron chi connectivity index (χ0n) is 29.1. The molecule has 12 rings (SSSR count). The Morgan fingerprint density at radius 2 is 0.741 bits per heavy atom. The third-order valence-corrected chi connectivity index (χ3v) is 13.7. The summed E-state index contributed by atoms with van der Waals surface area (Å²) in [6.07, 6.45) is 0. The van der Waals surface area contributed by atoms with Crippen molar-refractivity contribution in [2.24, 2.45) is 0 Å². The molecule has 0 spiro atoms. The van der Waals surface area contributed by atoms with E-state index in [0.29, 0.717) is 0 Å². The van der Waals surface area contributed by atoms with Crippen LogP contribution in [0.25, 0.3) is 117 Å². The van der Waals surface area contributed by atoms with Crippen LogP contribution in [0.15, 0.2) is 182 Å². The molecule has 0 bridgehead atoms. The van der Waals surface area contributed by atoms with Gasteiger partial charge in [-0.05, 0) is 107 Å². The van der Waals surface area contributed by atoms with E-state index in [0.717, 1.165) is 0 Å². The summed E-state index contributed by atoms with van der Waals surface area (Å²) in [5.41, 5.74) is 7.57. The second-order valence-corrected chi connectivity index (χ2v) is 16.5. The molecule has 0 aliphatic carbocycles. The summed E-state index contributed by atoms with van der Waals surface area (Å²) >= 11 is 3.80. The molecule has 0 nitrogen and oxygen atoms in total. The predicted molar refractivity (Wildman–Crippen MR) is 239 cm³/mol. The molecule has 0 saturated carbocycles. The minimum atomic E-state index is 1.23. The second kappa shape index (κ2) is 11.6. The standard InChI is InChI=1S/C52H30S2/c1-2-15-35-31(11-1)12-10-21-36(35)32-13-9-14-33(29-32)49-37-16-3-5-18-39(37)50(40-19-6-4-17-38(40)49)34-23-24-44-48(30-34)54-47-28-26-41-42(52(44)47)25-27-46-51(41)43-20-7-8-22-45(43)53-46/h1-30H. The number of hydrogen-bond acceptors (Lipinski definition) is 2. The van der Waals surface area contributed by atoms with Gasteiger partial charge in [0.15, 0.2) is 0 Å². The van der Waals surface area contributed by atoms with E-state index in [2.05, 4.69) is 182 Å². The Hall–Kier alpha value is -6.32. The lowest BCUT2D eigenvalue weighted by molar-refractivity contribution is 1.63. The van der Waals surface area contributed by atoms with Gasteiger partial charge in [-0.2, -0.15) is 0 Å². The molecule has 12 aromatic rings. The Morgan fingerprint density at radius 1 is 0.259 bits per heavy atom. The maximum absolute atomic E-state index is 2.44. The molecule has 2 heterocycles. The van der Waals surface area contributed by atoms with Gasteiger partial charge >= 0.3 is 0 Å². The van der Waals surface area contributed by atoms with E-state index in [9.17, 15) is 0 Å². The third-order valence-electron chi connectivity index (χ3n) is 11.4. The molecule has 0 saturated heterocycles. The van der Waals surface area contributed by atoms with Gasteiger partial charge in [0.2, 0.25) is 0 Å². The highest BCUT2D eigenvalue weighted by Gasteiger charge is 2.19. The molecule has 0 aliphatic heterocycles. The van der Waals surface area contributed by atoms with Gasteiger partial charge in [-0.15, -0.1) is 22.7 Å². The summed E-state index contributed by atoms with van der Waals surface area (Å²) in [6, 6.07) is 67.8. The minimum Gasteiger partial charge on any atom is -0.135 e. The van der Waals surface area contributed by atoms with Crippen LogP contribution in [-0.2, 0) is 0 Å². The lowest BCUT2D eigenvalue weighted by atomic mass is 9.85. The van der Waals surface area contributed by atoms with Gasteiger partial charge in [0.1, 0.15) is 0 Å². The lowest BCUT2D eigenvalue weighted by Gasteiger charge is -2.18. The maximum Gasteiger partial charge on any atom is 0.0361 e. The number of hydrogen-bond donors (Lipinski definition) is 0. The van der Waals surface area contributed by atoms with Gasteiger partial charge in [0, 0.05) is 40.3 Å². The van der Waals surface area contributed by atoms with Crippen molar-refractivity contribution < 1.29 is 0 Å². The molecule has 0 aliphatic rings. The van der Waals surface area contributed by atoms with E-state index in [1.165, 1.54) is 117 Å². The summed E-state index contributed by atoms with van der Waals surface area (Å²) in [4.78, 5) is 0. The first kappa shape index (κ1) is 30.2. The Balaban J connectivity index is 1.08. The first-order valence-corrected chi connectivity index (χ1v) is 20.1. The Morgan fingerprint density at radius 3 is 1.43 bits per heavy atom. The van der Waals surface area contributed by atoms with E-state index in [4.69, 9.17) is 0 Å². The SMILES string of the molecule is c1cc(-c2cccc3ccccc23)cc(-c2c3ccccc3c(-c3ccc4c(c3)sc3ccc5c(ccc6sc7ccccc7c65)c34)c3ccccc23)c1. The van der Waals surface area contributed by atoms with E-state index >= 15 is 0 Å². The fourth-order valence-electron chi connectivity index (χ4n) is 9.13. The molecule has 2 heteroatoms. The van der Waals surface area contributed by atoms with Crippen molar-refractivity contribution in [1.29, 1.82) is 0 Å². The van der Waals surface area contributed by atoms with Crippen molar-refractivity contribution in [2.45, 2.75) is 0 Å². The second-order valence-electron chi connectivity index (χ2n) is 14.3. The fourth-order valence-corrected chi connectivity index (χ4v) is 11.4. The molecule has 0 unspecified atom stereocenters. The predicted octanol–water partition coefficient (Wildman–Crippen LogP) is 16.0. The molecular formula is C52H30S2. The summed E-state index contributed by atoms with van der Waals surface area (Å²) < 4.78 is 5.37. The Labute approximate surface area is 319 Å². The van der Waals surface area contributed by atoms with Crippen LogP contribution in [0.4, 0.5) is 0 Å². The zero-order chi connectivity index (χ0) is 35.3. The lowest BCUT2D eigenvalue weighted by Crippen LogP contribution is -1.91. The number of fused-ring (bicyclic) bond motifs is 12. The van der Waals surface area contributed by atoms with Gasteiger partial charge in [-0.25, -0.2) is 0 Å². The Kier molecular flexibility index (Phi) is 6.48. The quantitative estimate of drug-likeness (QED) is 0.160. The van der Waals surface area contributed by atoms with Crippen LogP contribution in [0.1, 0.15) is 0 Å². The summed E-state index contributed by atoms with van der Waals surface area (Å²) in [5, 5.41) is 15.8. The van der Waals surface area contributed by atoms with E-state index in [1.807, 2.05) is 22.7 Å². The highest BCUT2D eigenvalue weighted by Crippen LogP contribution is 2.48. The highest BCUT2D eigenvalue weighted by atomic mass is 32.1. The van der Waals surface area contributed by atoms with Crippen molar-refractivity contribution >= 4 is 106 Å². The van der Waals surface area contributed by atoms with Crippen LogP contribution in [0.3, 0.4) is 0 Å². The van der Waals surface area contributed by atoms with Crippen molar-refractivity contribution in [1.82, 2.24) is 0 Å². The van der Waals surface area contributed by atoms with Crippen molar-refractivity contribution in [2.75, 3.05) is 0 Å². The fraction of sp³-hybridized carbons (Fsp3) is 0. The first-order chi connectivity index (χ1) is 26.8. The highest BCUT2D eigenvalue weighted by molar-refractivity contribution is 7.26. The monoisotopic (exact) mass is 718 g/mol. The topological polar surface area (TPSA) is 0 Å². The Bertz CT molecular complexity index is 3440. The molecular weight excluding hydrogens is 689 g/mol. The first-order valence-electron chi connectivity index (χ1n) is 18.5. The molecule has 10 aromatic carbocycles. The average molecular weight is 719 g/mol. The van der Waals surface area contributed by atoms with E-state index in [1.54, 1.807) is 0 Å². The van der Waals surface area contributed by atoms with Crippen molar-refractivity contribution in [3.8, 4) is 33.4 Å². The van der Waals surface area contributed by atoms with Crippen molar-refractivity contribution in [3.05, 3.63) is 182 Å². The maximum atomic E-state index is 2.44. The van der Waals surface area contributed by atoms with Crippen LogP contribution < -0.4 is 0 Å². The zero-order valence-corrected chi connectivity index (χ0v) is 30.8. The van der Waals surface area contributed by atoms with Gasteiger partial charge in [0.05, 0.1) is 0 Å². The van der Waals surface area contributed by atoms with Crippen LogP contribution in [0.5, 0.6) is 0 Å². The minimum absolute atomic E-state index is 1.23. The van der Waals surface area contributed by atoms with Crippen LogP contribution in [0.2, 0.25) is 0 Å². The van der Waals surface area contributed by atoms with Crippen LogP contribution >= 0.6 is 22.7 Å². The van der Waals surface area contributed by atoms with Crippen LogP contribution in [-0.4, -0.2) is 0 Å². The van der Waals surface area contributed by atoms with Gasteiger partial charge in [-0.3, -0.25) is 0 Å². The smallest absolute Gasteiger partial charge is 0.0361 e. The summed E-state index contributed by atoms with van der Waals surface area (Å²) in [7, 11) is 0. The third kappa shape index (κ3) is 4.36. The largest absolute Gasteiger partial charge is 0.135 e. The summed E-state index contributed by atoms with van der Waals surface area (Å²) in [6.45, 7) is 0. The molecule has 0 radical (unpaired) electrons. The average Bonchev–Trinajstić information content (AvgIpc) is 3.81. The van der Waals surface area contributed by atoms with E-state index in [-0.39, 0.29) is 0 Å². The van der Waals surface area contributed by atoms with Gasteiger partial charge in [-0.1, -0.05) is 152 Å². The number of thiophene rings is 2. The molecule has 0 fully saturated rings. The van der Waals surface area contributed by atoms with Crippen LogP contribution in [0, 0.1) is 0 Å². The normalized spacial score (nSPS) is 12.1. The summed E-state index contributed by atoms with van der Waals surface area (Å²) in [5.74, 6) is 0.